The van der Waals surface area contributed by atoms with Crippen molar-refractivity contribution in [1.29, 1.82) is 0 Å². The van der Waals surface area contributed by atoms with Gasteiger partial charge in [0.1, 0.15) is 10.6 Å². The Hall–Kier alpha value is -0.590. The van der Waals surface area contributed by atoms with Crippen LogP contribution >= 0.6 is 15.9 Å². The van der Waals surface area contributed by atoms with Gasteiger partial charge >= 0.3 is 0 Å². The summed E-state index contributed by atoms with van der Waals surface area (Å²) < 4.78 is 31.1. The molecule has 1 aliphatic rings. The van der Waals surface area contributed by atoms with Crippen LogP contribution in [-0.2, 0) is 9.84 Å². The van der Waals surface area contributed by atoms with Gasteiger partial charge in [-0.3, -0.25) is 0 Å². The summed E-state index contributed by atoms with van der Waals surface area (Å²) in [4.78, 5) is 0.187. The van der Waals surface area contributed by atoms with Crippen LogP contribution in [0.4, 0.5) is 0 Å². The first-order chi connectivity index (χ1) is 8.76. The van der Waals surface area contributed by atoms with Crippen LogP contribution in [-0.4, -0.2) is 31.5 Å². The van der Waals surface area contributed by atoms with E-state index < -0.39 is 20.7 Å². The number of halogens is 1. The van der Waals surface area contributed by atoms with Crippen LogP contribution in [0, 0.1) is 0 Å². The van der Waals surface area contributed by atoms with Crippen LogP contribution in [0.2, 0.25) is 0 Å². The molecular weight excluding hydrogens is 332 g/mol. The molecule has 4 nitrogen and oxygen atoms in total. The maximum absolute atomic E-state index is 12.6. The van der Waals surface area contributed by atoms with Crippen LogP contribution in [0.15, 0.2) is 27.6 Å². The minimum atomic E-state index is -3.49. The Morgan fingerprint density at radius 1 is 1.47 bits per heavy atom. The Balaban J connectivity index is 2.43. The predicted octanol–water partition coefficient (Wildman–Crippen LogP) is 2.53. The van der Waals surface area contributed by atoms with Crippen LogP contribution < -0.4 is 4.74 Å². The molecule has 1 aliphatic carbocycles. The molecule has 1 aromatic carbocycles. The molecule has 0 spiro atoms. The molecule has 0 unspecified atom stereocenters. The van der Waals surface area contributed by atoms with Gasteiger partial charge in [-0.25, -0.2) is 8.42 Å². The van der Waals surface area contributed by atoms with Crippen LogP contribution in [0.25, 0.3) is 0 Å². The van der Waals surface area contributed by atoms with E-state index in [2.05, 4.69) is 15.9 Å². The maximum Gasteiger partial charge on any atom is 0.185 e. The summed E-state index contributed by atoms with van der Waals surface area (Å²) in [6.07, 6.45) is 1.25. The number of rotatable bonds is 3. The Kier molecular flexibility index (Phi) is 3.95. The van der Waals surface area contributed by atoms with E-state index in [-0.39, 0.29) is 11.3 Å². The molecule has 0 amide bonds. The van der Waals surface area contributed by atoms with Crippen molar-refractivity contribution in [3.8, 4) is 5.75 Å². The van der Waals surface area contributed by atoms with Crippen molar-refractivity contribution in [2.75, 3.05) is 7.11 Å². The zero-order chi connectivity index (χ0) is 14.3. The number of methoxy groups -OCH3 is 1. The van der Waals surface area contributed by atoms with Crippen molar-refractivity contribution in [3.63, 3.8) is 0 Å². The highest BCUT2D eigenvalue weighted by Gasteiger charge is 2.41. The minimum Gasteiger partial charge on any atom is -0.495 e. The first-order valence-corrected chi connectivity index (χ1v) is 8.40. The molecular formula is C13H17BrO4S. The Morgan fingerprint density at radius 3 is 2.68 bits per heavy atom. The van der Waals surface area contributed by atoms with Gasteiger partial charge in [-0.1, -0.05) is 15.9 Å². The minimum absolute atomic E-state index is 0.187. The molecule has 0 aliphatic heterocycles. The molecule has 0 bridgehead atoms. The molecule has 1 fully saturated rings. The van der Waals surface area contributed by atoms with Gasteiger partial charge in [0, 0.05) is 4.47 Å². The van der Waals surface area contributed by atoms with E-state index in [0.717, 1.165) is 0 Å². The molecule has 0 saturated heterocycles. The van der Waals surface area contributed by atoms with Crippen molar-refractivity contribution in [2.45, 2.75) is 41.9 Å². The fraction of sp³-hybridized carbons (Fsp3) is 0.538. The standard InChI is InChI=1S/C13H17BrO4S/c1-13(15)6-5-10(8-13)19(16,17)12-7-9(14)3-4-11(12)18-2/h3-4,7,10,15H,5-6,8H2,1-2H3/t10-,13+/m1/s1. The van der Waals surface area contributed by atoms with Crippen molar-refractivity contribution in [2.24, 2.45) is 0 Å². The van der Waals surface area contributed by atoms with Crippen molar-refractivity contribution < 1.29 is 18.3 Å². The lowest BCUT2D eigenvalue weighted by Gasteiger charge is -2.17. The lowest BCUT2D eigenvalue weighted by Crippen LogP contribution is -2.24. The number of aliphatic hydroxyl groups is 1. The smallest absolute Gasteiger partial charge is 0.185 e. The molecule has 106 valence electrons. The molecule has 2 atom stereocenters. The van der Waals surface area contributed by atoms with Gasteiger partial charge in [0.15, 0.2) is 9.84 Å². The van der Waals surface area contributed by atoms with Gasteiger partial charge in [0.25, 0.3) is 0 Å². The second kappa shape index (κ2) is 5.07. The lowest BCUT2D eigenvalue weighted by molar-refractivity contribution is 0.0683. The summed E-state index contributed by atoms with van der Waals surface area (Å²) >= 11 is 3.28. The summed E-state index contributed by atoms with van der Waals surface area (Å²) in [5, 5.41) is 9.40. The fourth-order valence-corrected chi connectivity index (χ4v) is 5.09. The van der Waals surface area contributed by atoms with E-state index in [1.54, 1.807) is 25.1 Å². The Morgan fingerprint density at radius 2 is 2.16 bits per heavy atom. The summed E-state index contributed by atoms with van der Waals surface area (Å²) in [5.74, 6) is 0.342. The SMILES string of the molecule is COc1ccc(Br)cc1S(=O)(=O)[C@@H]1CC[C@](C)(O)C1. The predicted molar refractivity (Wildman–Crippen MR) is 76.1 cm³/mol. The Labute approximate surface area is 121 Å². The topological polar surface area (TPSA) is 63.6 Å². The summed E-state index contributed by atoms with van der Waals surface area (Å²) in [6, 6.07) is 4.92. The van der Waals surface area contributed by atoms with Crippen molar-refractivity contribution >= 4 is 25.8 Å². The van der Waals surface area contributed by atoms with Gasteiger partial charge < -0.3 is 9.84 Å². The molecule has 0 heterocycles. The van der Waals surface area contributed by atoms with E-state index in [4.69, 9.17) is 4.74 Å². The molecule has 2 rings (SSSR count). The lowest BCUT2D eigenvalue weighted by atomic mass is 10.1. The largest absolute Gasteiger partial charge is 0.495 e. The zero-order valence-corrected chi connectivity index (χ0v) is 13.3. The zero-order valence-electron chi connectivity index (χ0n) is 10.9. The third-order valence-electron chi connectivity index (χ3n) is 3.54. The van der Waals surface area contributed by atoms with Crippen LogP contribution in [0.5, 0.6) is 5.75 Å². The summed E-state index contributed by atoms with van der Waals surface area (Å²) in [5.41, 5.74) is -0.892. The van der Waals surface area contributed by atoms with Gasteiger partial charge in [-0.15, -0.1) is 0 Å². The van der Waals surface area contributed by atoms with Crippen LogP contribution in [0.1, 0.15) is 26.2 Å². The fourth-order valence-electron chi connectivity index (χ4n) is 2.48. The normalized spacial score (nSPS) is 27.5. The van der Waals surface area contributed by atoms with Crippen molar-refractivity contribution in [3.05, 3.63) is 22.7 Å². The quantitative estimate of drug-likeness (QED) is 0.911. The van der Waals surface area contributed by atoms with Crippen LogP contribution in [0.3, 0.4) is 0 Å². The average molecular weight is 349 g/mol. The molecule has 1 saturated carbocycles. The third-order valence-corrected chi connectivity index (χ3v) is 6.25. The number of sulfone groups is 1. The molecule has 1 aromatic rings. The van der Waals surface area contributed by atoms with Crippen molar-refractivity contribution in [1.82, 2.24) is 0 Å². The summed E-state index contributed by atoms with van der Waals surface area (Å²) in [7, 11) is -2.04. The van der Waals surface area contributed by atoms with E-state index >= 15 is 0 Å². The molecule has 6 heteroatoms. The maximum atomic E-state index is 12.6. The second-order valence-corrected chi connectivity index (χ2v) is 8.31. The Bertz CT molecular complexity index is 580. The number of ether oxygens (including phenoxy) is 1. The molecule has 0 radical (unpaired) electrons. The van der Waals surface area contributed by atoms with E-state index in [1.807, 2.05) is 0 Å². The van der Waals surface area contributed by atoms with E-state index in [1.165, 1.54) is 7.11 Å². The average Bonchev–Trinajstić information content (AvgIpc) is 2.70. The third kappa shape index (κ3) is 2.95. The van der Waals surface area contributed by atoms with E-state index in [9.17, 15) is 13.5 Å². The highest BCUT2D eigenvalue weighted by atomic mass is 79.9. The molecule has 1 N–H and O–H groups in total. The summed E-state index contributed by atoms with van der Waals surface area (Å²) in [6.45, 7) is 1.68. The first-order valence-electron chi connectivity index (χ1n) is 6.06. The van der Waals surface area contributed by atoms with Gasteiger partial charge in [0.2, 0.25) is 0 Å². The highest BCUT2D eigenvalue weighted by Crippen LogP contribution is 2.39. The molecule has 0 aromatic heterocycles. The van der Waals surface area contributed by atoms with Gasteiger partial charge in [0.05, 0.1) is 18.0 Å². The van der Waals surface area contributed by atoms with E-state index in [0.29, 0.717) is 23.1 Å². The second-order valence-electron chi connectivity index (χ2n) is 5.20. The monoisotopic (exact) mass is 348 g/mol. The number of benzene rings is 1. The van der Waals surface area contributed by atoms with Gasteiger partial charge in [-0.05, 0) is 44.4 Å². The van der Waals surface area contributed by atoms with Gasteiger partial charge in [-0.2, -0.15) is 0 Å². The molecule has 19 heavy (non-hydrogen) atoms. The number of hydrogen-bond acceptors (Lipinski definition) is 4. The number of hydrogen-bond donors (Lipinski definition) is 1. The first kappa shape index (κ1) is 14.8. The highest BCUT2D eigenvalue weighted by molar-refractivity contribution is 9.10.